The fourth-order valence-electron chi connectivity index (χ4n) is 3.46. The van der Waals surface area contributed by atoms with Gasteiger partial charge >= 0.3 is 0 Å². The van der Waals surface area contributed by atoms with E-state index in [0.29, 0.717) is 5.56 Å². The van der Waals surface area contributed by atoms with Crippen molar-refractivity contribution in [1.82, 2.24) is 0 Å². The van der Waals surface area contributed by atoms with Gasteiger partial charge < -0.3 is 10.6 Å². The molecular weight excluding hydrogens is 227 g/mol. The fraction of sp³-hybridized carbons (Fsp3) is 0.600. The zero-order chi connectivity index (χ0) is 12.8. The molecular formula is C15H21FN2. The summed E-state index contributed by atoms with van der Waals surface area (Å²) in [6.45, 7) is 5.06. The minimum Gasteiger partial charge on any atom is -0.381 e. The smallest absolute Gasteiger partial charge is 0.128 e. The van der Waals surface area contributed by atoms with Crippen LogP contribution < -0.4 is 10.6 Å². The maximum absolute atomic E-state index is 13.5. The third-order valence-corrected chi connectivity index (χ3v) is 4.41. The number of hydrogen-bond acceptors (Lipinski definition) is 2. The Kier molecular flexibility index (Phi) is 2.72. The molecule has 1 aliphatic carbocycles. The molecule has 0 amide bonds. The third kappa shape index (κ3) is 1.96. The van der Waals surface area contributed by atoms with Crippen LogP contribution in [-0.4, -0.2) is 12.1 Å². The number of fused-ring (bicyclic) bond motifs is 1. The van der Waals surface area contributed by atoms with Gasteiger partial charge in [-0.15, -0.1) is 0 Å². The summed E-state index contributed by atoms with van der Waals surface area (Å²) in [4.78, 5) is 0. The van der Waals surface area contributed by atoms with Crippen molar-refractivity contribution < 1.29 is 4.39 Å². The lowest BCUT2D eigenvalue weighted by atomic mass is 9.75. The Morgan fingerprint density at radius 3 is 2.94 bits per heavy atom. The van der Waals surface area contributed by atoms with Crippen LogP contribution in [0, 0.1) is 18.7 Å². The van der Waals surface area contributed by atoms with E-state index in [-0.39, 0.29) is 11.4 Å². The largest absolute Gasteiger partial charge is 0.381 e. The predicted octanol–water partition coefficient (Wildman–Crippen LogP) is 3.92. The number of halogens is 1. The number of rotatable bonds is 0. The van der Waals surface area contributed by atoms with E-state index >= 15 is 0 Å². The molecule has 1 aliphatic heterocycles. The summed E-state index contributed by atoms with van der Waals surface area (Å²) in [5.74, 6) is 0.646. The van der Waals surface area contributed by atoms with E-state index in [0.717, 1.165) is 23.8 Å². The zero-order valence-corrected chi connectivity index (χ0v) is 11.1. The van der Waals surface area contributed by atoms with Gasteiger partial charge in [0.2, 0.25) is 0 Å². The van der Waals surface area contributed by atoms with Crippen molar-refractivity contribution in [3.05, 3.63) is 23.5 Å². The maximum atomic E-state index is 13.5. The lowest BCUT2D eigenvalue weighted by molar-refractivity contribution is 0.266. The molecule has 0 aromatic heterocycles. The second-order valence-corrected chi connectivity index (χ2v) is 6.11. The standard InChI is InChI=1S/C15H21FN2/c1-10-4-3-5-15(8-10)9-17-13-7-12(16)11(2)6-14(13)18-15/h6-7,10,17-18H,3-5,8-9H2,1-2H3. The molecule has 1 saturated carbocycles. The van der Waals surface area contributed by atoms with E-state index in [1.54, 1.807) is 6.07 Å². The molecule has 0 radical (unpaired) electrons. The van der Waals surface area contributed by atoms with Gasteiger partial charge in [0.15, 0.2) is 0 Å². The summed E-state index contributed by atoms with van der Waals surface area (Å²) in [6, 6.07) is 3.54. The number of aryl methyl sites for hydroxylation is 1. The molecule has 2 unspecified atom stereocenters. The quantitative estimate of drug-likeness (QED) is 0.727. The highest BCUT2D eigenvalue weighted by Gasteiger charge is 2.37. The molecule has 1 heterocycles. The molecule has 98 valence electrons. The van der Waals surface area contributed by atoms with Crippen LogP contribution in [-0.2, 0) is 0 Å². The Morgan fingerprint density at radius 2 is 2.17 bits per heavy atom. The average molecular weight is 248 g/mol. The third-order valence-electron chi connectivity index (χ3n) is 4.41. The monoisotopic (exact) mass is 248 g/mol. The van der Waals surface area contributed by atoms with Crippen LogP contribution in [0.5, 0.6) is 0 Å². The van der Waals surface area contributed by atoms with Crippen LogP contribution in [0.15, 0.2) is 12.1 Å². The molecule has 2 nitrogen and oxygen atoms in total. The van der Waals surface area contributed by atoms with Crippen molar-refractivity contribution in [2.45, 2.75) is 45.1 Å². The van der Waals surface area contributed by atoms with Gasteiger partial charge in [-0.1, -0.05) is 19.8 Å². The van der Waals surface area contributed by atoms with Gasteiger partial charge in [-0.2, -0.15) is 0 Å². The number of anilines is 2. The highest BCUT2D eigenvalue weighted by atomic mass is 19.1. The van der Waals surface area contributed by atoms with Crippen molar-refractivity contribution in [1.29, 1.82) is 0 Å². The molecule has 2 aliphatic rings. The van der Waals surface area contributed by atoms with Crippen LogP contribution in [0.2, 0.25) is 0 Å². The van der Waals surface area contributed by atoms with Crippen molar-refractivity contribution in [3.8, 4) is 0 Å². The van der Waals surface area contributed by atoms with Crippen molar-refractivity contribution >= 4 is 11.4 Å². The Balaban J connectivity index is 1.90. The first-order valence-corrected chi connectivity index (χ1v) is 6.90. The second kappa shape index (κ2) is 4.15. The maximum Gasteiger partial charge on any atom is 0.128 e. The van der Waals surface area contributed by atoms with E-state index < -0.39 is 0 Å². The highest BCUT2D eigenvalue weighted by molar-refractivity contribution is 5.73. The van der Waals surface area contributed by atoms with E-state index in [4.69, 9.17) is 0 Å². The van der Waals surface area contributed by atoms with Crippen molar-refractivity contribution in [3.63, 3.8) is 0 Å². The molecule has 1 fully saturated rings. The minimum atomic E-state index is -0.129. The van der Waals surface area contributed by atoms with Gasteiger partial charge in [0, 0.05) is 6.54 Å². The minimum absolute atomic E-state index is 0.129. The van der Waals surface area contributed by atoms with Crippen LogP contribution >= 0.6 is 0 Å². The first-order chi connectivity index (χ1) is 8.58. The predicted molar refractivity (Wildman–Crippen MR) is 73.6 cm³/mol. The van der Waals surface area contributed by atoms with E-state index in [1.807, 2.05) is 13.0 Å². The normalized spacial score (nSPS) is 30.5. The molecule has 1 aromatic carbocycles. The van der Waals surface area contributed by atoms with Gasteiger partial charge in [0.25, 0.3) is 0 Å². The van der Waals surface area contributed by atoms with Crippen LogP contribution in [0.1, 0.15) is 38.2 Å². The molecule has 1 spiro atoms. The summed E-state index contributed by atoms with van der Waals surface area (Å²) < 4.78 is 13.5. The topological polar surface area (TPSA) is 24.1 Å². The lowest BCUT2D eigenvalue weighted by Gasteiger charge is -2.45. The molecule has 0 bridgehead atoms. The Hall–Kier alpha value is -1.25. The zero-order valence-electron chi connectivity index (χ0n) is 11.1. The van der Waals surface area contributed by atoms with Gasteiger partial charge in [-0.3, -0.25) is 0 Å². The molecule has 3 heteroatoms. The molecule has 2 N–H and O–H groups in total. The first-order valence-electron chi connectivity index (χ1n) is 6.90. The number of benzene rings is 1. The van der Waals surface area contributed by atoms with Gasteiger partial charge in [0.05, 0.1) is 16.9 Å². The molecule has 18 heavy (non-hydrogen) atoms. The summed E-state index contributed by atoms with van der Waals surface area (Å²) in [7, 11) is 0. The van der Waals surface area contributed by atoms with E-state index in [2.05, 4.69) is 17.6 Å². The SMILES string of the molecule is Cc1cc2c(cc1F)NCC1(CCCC(C)C1)N2. The second-order valence-electron chi connectivity index (χ2n) is 6.11. The van der Waals surface area contributed by atoms with Gasteiger partial charge in [0.1, 0.15) is 5.82 Å². The average Bonchev–Trinajstić information content (AvgIpc) is 2.31. The van der Waals surface area contributed by atoms with Gasteiger partial charge in [-0.25, -0.2) is 4.39 Å². The summed E-state index contributed by atoms with van der Waals surface area (Å²) in [5.41, 5.74) is 2.86. The summed E-state index contributed by atoms with van der Waals surface area (Å²) >= 11 is 0. The summed E-state index contributed by atoms with van der Waals surface area (Å²) in [6.07, 6.45) is 5.03. The highest BCUT2D eigenvalue weighted by Crippen LogP contribution is 2.40. The summed E-state index contributed by atoms with van der Waals surface area (Å²) in [5, 5.41) is 7.09. The number of nitrogens with one attached hydrogen (secondary N) is 2. The van der Waals surface area contributed by atoms with Crippen molar-refractivity contribution in [2.24, 2.45) is 5.92 Å². The molecule has 0 saturated heterocycles. The van der Waals surface area contributed by atoms with Crippen LogP contribution in [0.25, 0.3) is 0 Å². The Morgan fingerprint density at radius 1 is 1.33 bits per heavy atom. The van der Waals surface area contributed by atoms with Crippen LogP contribution in [0.3, 0.4) is 0 Å². The van der Waals surface area contributed by atoms with E-state index in [9.17, 15) is 4.39 Å². The fourth-order valence-corrected chi connectivity index (χ4v) is 3.46. The van der Waals surface area contributed by atoms with E-state index in [1.165, 1.54) is 25.7 Å². The lowest BCUT2D eigenvalue weighted by Crippen LogP contribution is -2.50. The van der Waals surface area contributed by atoms with Gasteiger partial charge in [-0.05, 0) is 43.4 Å². The first kappa shape index (κ1) is 11.8. The molecule has 1 aromatic rings. The number of hydrogen-bond donors (Lipinski definition) is 2. The Labute approximate surface area is 108 Å². The molecule has 3 rings (SSSR count). The molecule has 2 atom stereocenters. The van der Waals surface area contributed by atoms with Crippen LogP contribution in [0.4, 0.5) is 15.8 Å². The Bertz CT molecular complexity index is 472. The van der Waals surface area contributed by atoms with Crippen molar-refractivity contribution in [2.75, 3.05) is 17.2 Å².